The molecule has 0 unspecified atom stereocenters. The molecular formula is C17H15BrCl3N5O. The molecule has 0 saturated carbocycles. The Bertz CT molecular complexity index is 966. The number of halogens is 4. The smallest absolute Gasteiger partial charge is 0.227 e. The maximum absolute atomic E-state index is 12.2. The largest absolute Gasteiger partial charge is 0.308 e. The molecule has 0 saturated heterocycles. The second-order valence-corrected chi connectivity index (χ2v) is 7.99. The number of carbonyl (C=O) groups excluding carboxylic acids is 1. The summed E-state index contributed by atoms with van der Waals surface area (Å²) in [7, 11) is 0. The summed E-state index contributed by atoms with van der Waals surface area (Å²) in [5, 5.41) is 12.8. The van der Waals surface area contributed by atoms with Crippen molar-refractivity contribution in [2.45, 2.75) is 26.4 Å². The summed E-state index contributed by atoms with van der Waals surface area (Å²) in [6, 6.07) is 5.25. The quantitative estimate of drug-likeness (QED) is 0.516. The zero-order chi connectivity index (χ0) is 19.6. The number of benzene rings is 1. The Balaban J connectivity index is 1.61. The molecule has 1 aromatic carbocycles. The fourth-order valence-electron chi connectivity index (χ4n) is 2.41. The predicted molar refractivity (Wildman–Crippen MR) is 111 cm³/mol. The predicted octanol–water partition coefficient (Wildman–Crippen LogP) is 5.19. The van der Waals surface area contributed by atoms with Crippen LogP contribution in [0.15, 0.2) is 35.1 Å². The van der Waals surface area contributed by atoms with E-state index in [9.17, 15) is 4.79 Å². The maximum Gasteiger partial charge on any atom is 0.227 e. The van der Waals surface area contributed by atoms with E-state index in [4.69, 9.17) is 34.8 Å². The highest BCUT2D eigenvalue weighted by Gasteiger charge is 2.12. The molecule has 3 rings (SSSR count). The van der Waals surface area contributed by atoms with E-state index in [1.54, 1.807) is 27.7 Å². The third-order valence-corrected chi connectivity index (χ3v) is 5.42. The van der Waals surface area contributed by atoms with Gasteiger partial charge in [-0.2, -0.15) is 10.2 Å². The average molecular weight is 492 g/mol. The fraction of sp³-hybridized carbons (Fsp3) is 0.235. The van der Waals surface area contributed by atoms with Crippen LogP contribution in [0.2, 0.25) is 15.1 Å². The maximum atomic E-state index is 12.2. The number of aryl methyl sites for hydroxylation is 2. The van der Waals surface area contributed by atoms with Crippen LogP contribution in [-0.4, -0.2) is 25.5 Å². The lowest BCUT2D eigenvalue weighted by Crippen LogP contribution is -2.15. The summed E-state index contributed by atoms with van der Waals surface area (Å²) in [6.07, 6.45) is 3.72. The SMILES string of the molecule is Cc1nn(CCC(=O)Nc2nn(Cc3ccc(Cl)cc3Cl)cc2Cl)cc1Br. The van der Waals surface area contributed by atoms with Gasteiger partial charge in [-0.15, -0.1) is 0 Å². The minimum Gasteiger partial charge on any atom is -0.308 e. The summed E-state index contributed by atoms with van der Waals surface area (Å²) in [5.41, 5.74) is 1.72. The first-order valence-electron chi connectivity index (χ1n) is 7.98. The van der Waals surface area contributed by atoms with Gasteiger partial charge in [0, 0.05) is 35.4 Å². The monoisotopic (exact) mass is 489 g/mol. The molecule has 0 aliphatic rings. The van der Waals surface area contributed by atoms with Crippen molar-refractivity contribution >= 4 is 62.5 Å². The van der Waals surface area contributed by atoms with Crippen molar-refractivity contribution in [3.8, 4) is 0 Å². The zero-order valence-electron chi connectivity index (χ0n) is 14.2. The highest BCUT2D eigenvalue weighted by molar-refractivity contribution is 9.10. The zero-order valence-corrected chi connectivity index (χ0v) is 18.1. The molecule has 10 heteroatoms. The third kappa shape index (κ3) is 5.25. The van der Waals surface area contributed by atoms with Crippen LogP contribution in [0.3, 0.4) is 0 Å². The van der Waals surface area contributed by atoms with Crippen LogP contribution in [0, 0.1) is 6.92 Å². The van der Waals surface area contributed by atoms with E-state index in [-0.39, 0.29) is 12.3 Å². The standard InChI is InChI=1S/C17H15BrCl3N5O/c1-10-13(18)8-25(23-10)5-4-16(27)22-17-15(21)9-26(24-17)7-11-2-3-12(19)6-14(11)20/h2-3,6,8-9H,4-5,7H2,1H3,(H,22,24,27). The van der Waals surface area contributed by atoms with Crippen molar-refractivity contribution in [1.82, 2.24) is 19.6 Å². The Hall–Kier alpha value is -1.54. The third-order valence-electron chi connectivity index (χ3n) is 3.78. The van der Waals surface area contributed by atoms with Gasteiger partial charge < -0.3 is 5.32 Å². The molecular weight excluding hydrogens is 476 g/mol. The number of amides is 1. The lowest BCUT2D eigenvalue weighted by atomic mass is 10.2. The normalized spacial score (nSPS) is 11.0. The van der Waals surface area contributed by atoms with E-state index in [2.05, 4.69) is 31.4 Å². The number of rotatable bonds is 6. The van der Waals surface area contributed by atoms with Gasteiger partial charge in [0.1, 0.15) is 5.02 Å². The van der Waals surface area contributed by atoms with E-state index in [1.165, 1.54) is 0 Å². The number of nitrogens with one attached hydrogen (secondary N) is 1. The Morgan fingerprint density at radius 1 is 1.15 bits per heavy atom. The van der Waals surface area contributed by atoms with E-state index in [0.717, 1.165) is 15.7 Å². The van der Waals surface area contributed by atoms with Crippen LogP contribution in [0.1, 0.15) is 17.7 Å². The molecule has 2 aromatic heterocycles. The van der Waals surface area contributed by atoms with Gasteiger partial charge in [-0.05, 0) is 40.5 Å². The van der Waals surface area contributed by atoms with Crippen molar-refractivity contribution in [2.24, 2.45) is 0 Å². The van der Waals surface area contributed by atoms with Crippen molar-refractivity contribution in [3.05, 3.63) is 61.4 Å². The molecule has 1 N–H and O–H groups in total. The second-order valence-electron chi connectivity index (χ2n) is 5.88. The highest BCUT2D eigenvalue weighted by Crippen LogP contribution is 2.24. The molecule has 0 atom stereocenters. The molecule has 0 fully saturated rings. The molecule has 0 bridgehead atoms. The number of nitrogens with zero attached hydrogens (tertiary/aromatic N) is 4. The van der Waals surface area contributed by atoms with E-state index in [0.29, 0.717) is 34.0 Å². The van der Waals surface area contributed by atoms with Crippen molar-refractivity contribution in [2.75, 3.05) is 5.32 Å². The highest BCUT2D eigenvalue weighted by atomic mass is 79.9. The summed E-state index contributed by atoms with van der Waals surface area (Å²) in [5.74, 6) is 0.112. The van der Waals surface area contributed by atoms with Gasteiger partial charge in [-0.25, -0.2) is 0 Å². The minimum absolute atomic E-state index is 0.198. The van der Waals surface area contributed by atoms with Crippen molar-refractivity contribution in [1.29, 1.82) is 0 Å². The van der Waals surface area contributed by atoms with E-state index >= 15 is 0 Å². The molecule has 0 radical (unpaired) electrons. The van der Waals surface area contributed by atoms with Gasteiger partial charge in [0.25, 0.3) is 0 Å². The van der Waals surface area contributed by atoms with Crippen LogP contribution in [-0.2, 0) is 17.9 Å². The molecule has 142 valence electrons. The van der Waals surface area contributed by atoms with Gasteiger partial charge in [0.05, 0.1) is 16.7 Å². The molecule has 2 heterocycles. The number of hydrogen-bond donors (Lipinski definition) is 1. The average Bonchev–Trinajstić information content (AvgIpc) is 3.10. The Morgan fingerprint density at radius 2 is 1.93 bits per heavy atom. The number of hydrogen-bond acceptors (Lipinski definition) is 3. The summed E-state index contributed by atoms with van der Waals surface area (Å²) < 4.78 is 4.23. The molecule has 6 nitrogen and oxygen atoms in total. The lowest BCUT2D eigenvalue weighted by molar-refractivity contribution is -0.116. The number of anilines is 1. The first kappa shape index (κ1) is 20.2. The van der Waals surface area contributed by atoms with Gasteiger partial charge in [-0.1, -0.05) is 40.9 Å². The molecule has 27 heavy (non-hydrogen) atoms. The van der Waals surface area contributed by atoms with Gasteiger partial charge in [0.15, 0.2) is 5.82 Å². The summed E-state index contributed by atoms with van der Waals surface area (Å²) in [4.78, 5) is 12.2. The first-order valence-corrected chi connectivity index (χ1v) is 9.91. The lowest BCUT2D eigenvalue weighted by Gasteiger charge is -2.05. The molecule has 0 aliphatic heterocycles. The first-order chi connectivity index (χ1) is 12.8. The molecule has 0 aliphatic carbocycles. The van der Waals surface area contributed by atoms with Crippen LogP contribution >= 0.6 is 50.7 Å². The van der Waals surface area contributed by atoms with Crippen molar-refractivity contribution < 1.29 is 4.79 Å². The van der Waals surface area contributed by atoms with Gasteiger partial charge in [-0.3, -0.25) is 14.2 Å². The van der Waals surface area contributed by atoms with Crippen LogP contribution in [0.5, 0.6) is 0 Å². The van der Waals surface area contributed by atoms with Crippen LogP contribution in [0.25, 0.3) is 0 Å². The van der Waals surface area contributed by atoms with Crippen molar-refractivity contribution in [3.63, 3.8) is 0 Å². The molecule has 3 aromatic rings. The van der Waals surface area contributed by atoms with E-state index < -0.39 is 0 Å². The summed E-state index contributed by atoms with van der Waals surface area (Å²) >= 11 is 21.7. The Labute approximate surface area is 179 Å². The molecule has 0 spiro atoms. The minimum atomic E-state index is -0.198. The Morgan fingerprint density at radius 3 is 2.59 bits per heavy atom. The van der Waals surface area contributed by atoms with Gasteiger partial charge in [0.2, 0.25) is 5.91 Å². The van der Waals surface area contributed by atoms with Gasteiger partial charge >= 0.3 is 0 Å². The number of carbonyl (C=O) groups is 1. The summed E-state index contributed by atoms with van der Waals surface area (Å²) in [6.45, 7) is 2.75. The topological polar surface area (TPSA) is 64.7 Å². The molecule has 1 amide bonds. The Kier molecular flexibility index (Phi) is 6.47. The second kappa shape index (κ2) is 8.65. The van der Waals surface area contributed by atoms with Crippen LogP contribution < -0.4 is 5.32 Å². The van der Waals surface area contributed by atoms with Crippen LogP contribution in [0.4, 0.5) is 5.82 Å². The van der Waals surface area contributed by atoms with E-state index in [1.807, 2.05) is 19.2 Å². The number of aromatic nitrogens is 4. The fourth-order valence-corrected chi connectivity index (χ4v) is 3.39.